The summed E-state index contributed by atoms with van der Waals surface area (Å²) in [7, 11) is 0. The van der Waals surface area contributed by atoms with Gasteiger partial charge in [-0.05, 0) is 29.7 Å². The second kappa shape index (κ2) is 7.25. The van der Waals surface area contributed by atoms with Gasteiger partial charge in [-0.2, -0.15) is 0 Å². The van der Waals surface area contributed by atoms with E-state index in [0.29, 0.717) is 0 Å². The fourth-order valence-electron chi connectivity index (χ4n) is 2.47. The smallest absolute Gasteiger partial charge is 0.127 e. The van der Waals surface area contributed by atoms with Crippen molar-refractivity contribution in [3.63, 3.8) is 0 Å². The van der Waals surface area contributed by atoms with E-state index in [4.69, 9.17) is 11.6 Å². The largest absolute Gasteiger partial charge is 0.347 e. The molecule has 0 amide bonds. The first-order valence-electron chi connectivity index (χ1n) is 7.35. The molecule has 0 aliphatic carbocycles. The molecular formula is C18H18ClN3. The SMILES string of the molecule is Clc1ccc(C(NCCc2ccccc2)c2ncc[nH]2)cc1. The lowest BCUT2D eigenvalue weighted by molar-refractivity contribution is 0.583. The fraction of sp³-hybridized carbons (Fsp3) is 0.167. The van der Waals surface area contributed by atoms with Crippen LogP contribution in [0.3, 0.4) is 0 Å². The molecule has 0 spiro atoms. The van der Waals surface area contributed by atoms with Crippen LogP contribution >= 0.6 is 11.6 Å². The third-order valence-corrected chi connectivity index (χ3v) is 3.85. The van der Waals surface area contributed by atoms with Crippen molar-refractivity contribution in [2.24, 2.45) is 0 Å². The van der Waals surface area contributed by atoms with Gasteiger partial charge in [0.25, 0.3) is 0 Å². The minimum absolute atomic E-state index is 0.0379. The van der Waals surface area contributed by atoms with Gasteiger partial charge in [-0.15, -0.1) is 0 Å². The Hall–Kier alpha value is -2.10. The van der Waals surface area contributed by atoms with Gasteiger partial charge in [-0.3, -0.25) is 0 Å². The quantitative estimate of drug-likeness (QED) is 0.723. The van der Waals surface area contributed by atoms with Gasteiger partial charge >= 0.3 is 0 Å². The van der Waals surface area contributed by atoms with E-state index < -0.39 is 0 Å². The molecule has 0 radical (unpaired) electrons. The highest BCUT2D eigenvalue weighted by Gasteiger charge is 2.15. The molecule has 3 rings (SSSR count). The number of rotatable bonds is 6. The van der Waals surface area contributed by atoms with Crippen molar-refractivity contribution >= 4 is 11.6 Å². The number of imidazole rings is 1. The lowest BCUT2D eigenvalue weighted by Gasteiger charge is -2.17. The summed E-state index contributed by atoms with van der Waals surface area (Å²) in [5.41, 5.74) is 2.47. The van der Waals surface area contributed by atoms with E-state index in [1.807, 2.05) is 36.5 Å². The number of hydrogen-bond acceptors (Lipinski definition) is 2. The van der Waals surface area contributed by atoms with Crippen LogP contribution in [0.4, 0.5) is 0 Å². The van der Waals surface area contributed by atoms with Crippen molar-refractivity contribution in [2.75, 3.05) is 6.54 Å². The van der Waals surface area contributed by atoms with Crippen LogP contribution in [0, 0.1) is 0 Å². The molecule has 0 fully saturated rings. The molecule has 0 aliphatic rings. The highest BCUT2D eigenvalue weighted by atomic mass is 35.5. The number of nitrogens with zero attached hydrogens (tertiary/aromatic N) is 1. The fourth-order valence-corrected chi connectivity index (χ4v) is 2.59. The van der Waals surface area contributed by atoms with E-state index in [1.165, 1.54) is 5.56 Å². The van der Waals surface area contributed by atoms with Crippen molar-refractivity contribution in [1.82, 2.24) is 15.3 Å². The van der Waals surface area contributed by atoms with E-state index in [1.54, 1.807) is 6.20 Å². The second-order valence-electron chi connectivity index (χ2n) is 5.15. The third-order valence-electron chi connectivity index (χ3n) is 3.60. The number of halogens is 1. The molecule has 0 aliphatic heterocycles. The molecule has 112 valence electrons. The molecule has 3 nitrogen and oxygen atoms in total. The maximum atomic E-state index is 5.98. The Morgan fingerprint density at radius 2 is 1.82 bits per heavy atom. The van der Waals surface area contributed by atoms with Crippen molar-refractivity contribution < 1.29 is 0 Å². The van der Waals surface area contributed by atoms with Gasteiger partial charge in [0, 0.05) is 24.0 Å². The number of nitrogens with one attached hydrogen (secondary N) is 2. The van der Waals surface area contributed by atoms with Crippen LogP contribution in [0.5, 0.6) is 0 Å². The minimum Gasteiger partial charge on any atom is -0.347 e. The van der Waals surface area contributed by atoms with Crippen molar-refractivity contribution in [2.45, 2.75) is 12.5 Å². The monoisotopic (exact) mass is 311 g/mol. The first-order valence-corrected chi connectivity index (χ1v) is 7.73. The molecule has 2 aromatic carbocycles. The number of aromatic amines is 1. The summed E-state index contributed by atoms with van der Waals surface area (Å²) < 4.78 is 0. The molecule has 2 N–H and O–H groups in total. The molecule has 1 aromatic heterocycles. The van der Waals surface area contributed by atoms with Crippen LogP contribution in [0.15, 0.2) is 67.0 Å². The zero-order valence-corrected chi connectivity index (χ0v) is 12.9. The standard InChI is InChI=1S/C18H18ClN3/c19-16-8-6-15(7-9-16)17(18-21-12-13-22-18)20-11-10-14-4-2-1-3-5-14/h1-9,12-13,17,20H,10-11H2,(H,21,22). The van der Waals surface area contributed by atoms with Gasteiger partial charge in [0.05, 0.1) is 6.04 Å². The number of hydrogen-bond donors (Lipinski definition) is 2. The predicted molar refractivity (Wildman–Crippen MR) is 90.0 cm³/mol. The van der Waals surface area contributed by atoms with Gasteiger partial charge in [0.15, 0.2) is 0 Å². The van der Waals surface area contributed by atoms with E-state index >= 15 is 0 Å². The lowest BCUT2D eigenvalue weighted by atomic mass is 10.1. The zero-order valence-electron chi connectivity index (χ0n) is 12.2. The second-order valence-corrected chi connectivity index (χ2v) is 5.59. The molecule has 0 saturated carbocycles. The third kappa shape index (κ3) is 3.75. The molecule has 0 bridgehead atoms. The Labute approximate surface area is 135 Å². The van der Waals surface area contributed by atoms with Crippen LogP contribution in [0.25, 0.3) is 0 Å². The summed E-state index contributed by atoms with van der Waals surface area (Å²) >= 11 is 5.98. The topological polar surface area (TPSA) is 40.7 Å². The summed E-state index contributed by atoms with van der Waals surface area (Å²) in [6, 6.07) is 18.4. The maximum Gasteiger partial charge on any atom is 0.127 e. The van der Waals surface area contributed by atoms with Gasteiger partial charge in [0.1, 0.15) is 5.82 Å². The van der Waals surface area contributed by atoms with E-state index in [2.05, 4.69) is 39.6 Å². The summed E-state index contributed by atoms with van der Waals surface area (Å²) in [6.45, 7) is 0.873. The normalized spacial score (nSPS) is 12.2. The molecule has 1 unspecified atom stereocenters. The lowest BCUT2D eigenvalue weighted by Crippen LogP contribution is -2.25. The Morgan fingerprint density at radius 1 is 1.05 bits per heavy atom. The number of H-pyrrole nitrogens is 1. The van der Waals surface area contributed by atoms with Gasteiger partial charge in [0.2, 0.25) is 0 Å². The van der Waals surface area contributed by atoms with Gasteiger partial charge in [-0.1, -0.05) is 54.1 Å². The zero-order chi connectivity index (χ0) is 15.2. The molecular weight excluding hydrogens is 294 g/mol. The summed E-state index contributed by atoms with van der Waals surface area (Å²) in [5.74, 6) is 0.912. The minimum atomic E-state index is 0.0379. The van der Waals surface area contributed by atoms with Crippen LogP contribution in [-0.2, 0) is 6.42 Å². The Balaban J connectivity index is 1.71. The summed E-state index contributed by atoms with van der Waals surface area (Å²) in [5, 5.41) is 4.31. The van der Waals surface area contributed by atoms with Gasteiger partial charge < -0.3 is 10.3 Å². The highest BCUT2D eigenvalue weighted by Crippen LogP contribution is 2.21. The number of benzene rings is 2. The molecule has 1 atom stereocenters. The van der Waals surface area contributed by atoms with Crippen LogP contribution in [-0.4, -0.2) is 16.5 Å². The van der Waals surface area contributed by atoms with Crippen molar-refractivity contribution in [3.8, 4) is 0 Å². The van der Waals surface area contributed by atoms with Crippen LogP contribution < -0.4 is 5.32 Å². The van der Waals surface area contributed by atoms with Crippen molar-refractivity contribution in [1.29, 1.82) is 0 Å². The molecule has 4 heteroatoms. The Bertz CT molecular complexity index is 678. The van der Waals surface area contributed by atoms with Crippen molar-refractivity contribution in [3.05, 3.63) is 89.0 Å². The Kier molecular flexibility index (Phi) is 4.88. The molecule has 1 heterocycles. The van der Waals surface area contributed by atoms with E-state index in [-0.39, 0.29) is 6.04 Å². The van der Waals surface area contributed by atoms with Gasteiger partial charge in [-0.25, -0.2) is 4.98 Å². The Morgan fingerprint density at radius 3 is 2.50 bits per heavy atom. The van der Waals surface area contributed by atoms with Crippen LogP contribution in [0.2, 0.25) is 5.02 Å². The first-order chi connectivity index (χ1) is 10.8. The molecule has 3 aromatic rings. The predicted octanol–water partition coefficient (Wildman–Crippen LogP) is 3.98. The van der Waals surface area contributed by atoms with E-state index in [0.717, 1.165) is 29.4 Å². The van der Waals surface area contributed by atoms with E-state index in [9.17, 15) is 0 Å². The maximum absolute atomic E-state index is 5.98. The average Bonchev–Trinajstić information content (AvgIpc) is 3.08. The highest BCUT2D eigenvalue weighted by molar-refractivity contribution is 6.30. The number of aromatic nitrogens is 2. The summed E-state index contributed by atoms with van der Waals surface area (Å²) in [6.07, 6.45) is 4.60. The molecule has 0 saturated heterocycles. The molecule has 22 heavy (non-hydrogen) atoms. The average molecular weight is 312 g/mol. The van der Waals surface area contributed by atoms with Crippen LogP contribution in [0.1, 0.15) is 23.0 Å². The summed E-state index contributed by atoms with van der Waals surface area (Å²) in [4.78, 5) is 7.58. The first kappa shape index (κ1) is 14.8.